The molecule has 1 aliphatic heterocycles. The van der Waals surface area contributed by atoms with Crippen molar-refractivity contribution in [2.75, 3.05) is 11.4 Å². The number of hydrogen-bond acceptors (Lipinski definition) is 1. The SMILES string of the molecule is O=C1CCCN1c1ccc(F)cc1C(F)(F)F. The first kappa shape index (κ1) is 11.9. The van der Waals surface area contributed by atoms with Crippen molar-refractivity contribution in [3.05, 3.63) is 29.6 Å². The molecule has 1 aromatic carbocycles. The summed E-state index contributed by atoms with van der Waals surface area (Å²) in [7, 11) is 0. The Bertz CT molecular complexity index is 455. The van der Waals surface area contributed by atoms with Crippen LogP contribution in [0.5, 0.6) is 0 Å². The largest absolute Gasteiger partial charge is 0.418 e. The predicted octanol–water partition coefficient (Wildman–Crippen LogP) is 2.97. The zero-order chi connectivity index (χ0) is 12.6. The number of carbonyl (C=O) groups excluding carboxylic acids is 1. The lowest BCUT2D eigenvalue weighted by Gasteiger charge is -2.21. The van der Waals surface area contributed by atoms with E-state index in [1.54, 1.807) is 0 Å². The van der Waals surface area contributed by atoms with Gasteiger partial charge in [-0.3, -0.25) is 4.79 Å². The maximum atomic E-state index is 12.9. The number of rotatable bonds is 1. The van der Waals surface area contributed by atoms with Gasteiger partial charge in [0.1, 0.15) is 5.82 Å². The number of benzene rings is 1. The molecule has 92 valence electrons. The molecular weight excluding hydrogens is 238 g/mol. The van der Waals surface area contributed by atoms with E-state index in [4.69, 9.17) is 0 Å². The highest BCUT2D eigenvalue weighted by Crippen LogP contribution is 2.38. The van der Waals surface area contributed by atoms with Gasteiger partial charge < -0.3 is 4.90 Å². The molecule has 0 spiro atoms. The molecule has 0 unspecified atom stereocenters. The van der Waals surface area contributed by atoms with E-state index < -0.39 is 17.6 Å². The summed E-state index contributed by atoms with van der Waals surface area (Å²) in [5.41, 5.74) is -1.37. The van der Waals surface area contributed by atoms with E-state index in [1.165, 1.54) is 0 Å². The fourth-order valence-electron chi connectivity index (χ4n) is 1.87. The minimum Gasteiger partial charge on any atom is -0.312 e. The Hall–Kier alpha value is -1.59. The molecule has 0 atom stereocenters. The fourth-order valence-corrected chi connectivity index (χ4v) is 1.87. The van der Waals surface area contributed by atoms with E-state index in [9.17, 15) is 22.4 Å². The van der Waals surface area contributed by atoms with Crippen LogP contribution in [-0.4, -0.2) is 12.5 Å². The van der Waals surface area contributed by atoms with E-state index in [1.807, 2.05) is 0 Å². The lowest BCUT2D eigenvalue weighted by Crippen LogP contribution is -2.26. The Morgan fingerprint density at radius 2 is 1.94 bits per heavy atom. The molecule has 1 amide bonds. The van der Waals surface area contributed by atoms with Crippen LogP contribution in [0.15, 0.2) is 18.2 Å². The van der Waals surface area contributed by atoms with Crippen LogP contribution in [0, 0.1) is 5.82 Å². The van der Waals surface area contributed by atoms with Crippen LogP contribution in [0.25, 0.3) is 0 Å². The van der Waals surface area contributed by atoms with Gasteiger partial charge in [0.2, 0.25) is 5.91 Å². The van der Waals surface area contributed by atoms with E-state index in [2.05, 4.69) is 0 Å². The second-order valence-corrected chi connectivity index (χ2v) is 3.81. The molecule has 2 nitrogen and oxygen atoms in total. The molecule has 0 aromatic heterocycles. The second kappa shape index (κ2) is 4.01. The molecule has 6 heteroatoms. The predicted molar refractivity (Wildman–Crippen MR) is 53.0 cm³/mol. The standard InChI is InChI=1S/C11H9F4NO/c12-7-3-4-9(8(6-7)11(13,14)15)16-5-1-2-10(16)17/h3-4,6H,1-2,5H2. The van der Waals surface area contributed by atoms with Crippen molar-refractivity contribution >= 4 is 11.6 Å². The van der Waals surface area contributed by atoms with Crippen molar-refractivity contribution in [3.63, 3.8) is 0 Å². The summed E-state index contributed by atoms with van der Waals surface area (Å²) in [6.07, 6.45) is -3.91. The highest BCUT2D eigenvalue weighted by Gasteiger charge is 2.37. The Morgan fingerprint density at radius 1 is 1.24 bits per heavy atom. The van der Waals surface area contributed by atoms with E-state index in [0.29, 0.717) is 12.5 Å². The summed E-state index contributed by atoms with van der Waals surface area (Å²) < 4.78 is 51.0. The fraction of sp³-hybridized carbons (Fsp3) is 0.364. The third-order valence-corrected chi connectivity index (χ3v) is 2.63. The smallest absolute Gasteiger partial charge is 0.312 e. The maximum Gasteiger partial charge on any atom is 0.418 e. The third-order valence-electron chi connectivity index (χ3n) is 2.63. The van der Waals surface area contributed by atoms with Crippen LogP contribution < -0.4 is 4.90 Å². The second-order valence-electron chi connectivity index (χ2n) is 3.81. The summed E-state index contributed by atoms with van der Waals surface area (Å²) in [5.74, 6) is -1.32. The number of anilines is 1. The van der Waals surface area contributed by atoms with Crippen molar-refractivity contribution in [2.45, 2.75) is 19.0 Å². The Labute approximate surface area is 94.8 Å². The number of nitrogens with zero attached hydrogens (tertiary/aromatic N) is 1. The van der Waals surface area contributed by atoms with Gasteiger partial charge in [-0.05, 0) is 24.6 Å². The highest BCUT2D eigenvalue weighted by molar-refractivity contribution is 5.96. The van der Waals surface area contributed by atoms with Gasteiger partial charge in [-0.1, -0.05) is 0 Å². The number of amides is 1. The topological polar surface area (TPSA) is 20.3 Å². The van der Waals surface area contributed by atoms with Gasteiger partial charge in [-0.15, -0.1) is 0 Å². The lowest BCUT2D eigenvalue weighted by atomic mass is 10.1. The zero-order valence-corrected chi connectivity index (χ0v) is 8.72. The van der Waals surface area contributed by atoms with E-state index in [-0.39, 0.29) is 24.6 Å². The van der Waals surface area contributed by atoms with E-state index in [0.717, 1.165) is 17.0 Å². The molecule has 17 heavy (non-hydrogen) atoms. The molecule has 0 bridgehead atoms. The van der Waals surface area contributed by atoms with Crippen LogP contribution >= 0.6 is 0 Å². The summed E-state index contributed by atoms with van der Waals surface area (Å²) >= 11 is 0. The summed E-state index contributed by atoms with van der Waals surface area (Å²) in [4.78, 5) is 12.5. The van der Waals surface area contributed by atoms with Crippen molar-refractivity contribution in [2.24, 2.45) is 0 Å². The third kappa shape index (κ3) is 2.25. The molecule has 1 saturated heterocycles. The molecule has 0 saturated carbocycles. The maximum absolute atomic E-state index is 12.9. The van der Waals surface area contributed by atoms with Crippen molar-refractivity contribution in [1.82, 2.24) is 0 Å². The molecule has 1 aromatic rings. The van der Waals surface area contributed by atoms with Gasteiger partial charge in [0.05, 0.1) is 11.3 Å². The molecule has 0 N–H and O–H groups in total. The van der Waals surface area contributed by atoms with Gasteiger partial charge in [-0.2, -0.15) is 13.2 Å². The quantitative estimate of drug-likeness (QED) is 0.698. The van der Waals surface area contributed by atoms with Crippen LogP contribution in [0.2, 0.25) is 0 Å². The van der Waals surface area contributed by atoms with Gasteiger partial charge in [0, 0.05) is 13.0 Å². The van der Waals surface area contributed by atoms with Crippen LogP contribution in [-0.2, 0) is 11.0 Å². The highest BCUT2D eigenvalue weighted by atomic mass is 19.4. The number of halogens is 4. The van der Waals surface area contributed by atoms with Gasteiger partial charge in [-0.25, -0.2) is 4.39 Å². The minimum absolute atomic E-state index is 0.231. The molecule has 1 aliphatic rings. The van der Waals surface area contributed by atoms with Gasteiger partial charge in [0.15, 0.2) is 0 Å². The lowest BCUT2D eigenvalue weighted by molar-refractivity contribution is -0.137. The first-order valence-corrected chi connectivity index (χ1v) is 5.07. The van der Waals surface area contributed by atoms with Crippen molar-refractivity contribution in [3.8, 4) is 0 Å². The Balaban J connectivity index is 2.50. The average Bonchev–Trinajstić information content (AvgIpc) is 2.63. The van der Waals surface area contributed by atoms with Crippen LogP contribution in [0.1, 0.15) is 18.4 Å². The first-order valence-electron chi connectivity index (χ1n) is 5.07. The summed E-state index contributed by atoms with van der Waals surface area (Å²) in [6.45, 7) is 0.244. The van der Waals surface area contributed by atoms with Crippen molar-refractivity contribution in [1.29, 1.82) is 0 Å². The number of carbonyl (C=O) groups is 1. The number of alkyl halides is 3. The molecule has 0 radical (unpaired) electrons. The van der Waals surface area contributed by atoms with E-state index >= 15 is 0 Å². The molecule has 1 heterocycles. The first-order chi connectivity index (χ1) is 7.89. The van der Waals surface area contributed by atoms with Crippen molar-refractivity contribution < 1.29 is 22.4 Å². The normalized spacial score (nSPS) is 16.7. The van der Waals surface area contributed by atoms with Crippen LogP contribution in [0.4, 0.5) is 23.2 Å². The Morgan fingerprint density at radius 3 is 2.47 bits per heavy atom. The van der Waals surface area contributed by atoms with Gasteiger partial charge in [0.25, 0.3) is 0 Å². The minimum atomic E-state index is -4.67. The molecule has 0 aliphatic carbocycles. The number of hydrogen-bond donors (Lipinski definition) is 0. The summed E-state index contributed by atoms with van der Waals surface area (Å²) in [5, 5.41) is 0. The van der Waals surface area contributed by atoms with Gasteiger partial charge >= 0.3 is 6.18 Å². The Kier molecular flexibility index (Phi) is 2.81. The summed E-state index contributed by atoms with van der Waals surface area (Å²) in [6, 6.07) is 2.35. The molecule has 1 fully saturated rings. The molecular formula is C11H9F4NO. The monoisotopic (exact) mass is 247 g/mol. The average molecular weight is 247 g/mol. The van der Waals surface area contributed by atoms with Crippen LogP contribution in [0.3, 0.4) is 0 Å². The zero-order valence-electron chi connectivity index (χ0n) is 8.72. The molecule has 2 rings (SSSR count).